The monoisotopic (exact) mass is 446 g/mol. The molecule has 1 aliphatic heterocycles. The molecule has 134 valence electrons. The van der Waals surface area contributed by atoms with Crippen LogP contribution in [0.5, 0.6) is 5.75 Å². The van der Waals surface area contributed by atoms with Crippen LogP contribution in [0.4, 0.5) is 0 Å². The molecule has 1 fully saturated rings. The van der Waals surface area contributed by atoms with Gasteiger partial charge in [0.1, 0.15) is 5.75 Å². The molecule has 1 heterocycles. The number of aliphatic imine (C=N–C) groups is 1. The fraction of sp³-hybridized carbons (Fsp3) is 0.529. The first-order valence-electron chi connectivity index (χ1n) is 7.85. The van der Waals surface area contributed by atoms with Gasteiger partial charge in [0.05, 0.1) is 13.7 Å². The van der Waals surface area contributed by atoms with Crippen LogP contribution in [-0.2, 0) is 4.79 Å². The maximum atomic E-state index is 11.7. The topological polar surface area (TPSA) is 57.2 Å². The third-order valence-electron chi connectivity index (χ3n) is 4.18. The molecule has 2 rings (SSSR count). The molecule has 1 unspecified atom stereocenters. The summed E-state index contributed by atoms with van der Waals surface area (Å²) in [5.74, 6) is 2.18. The molecule has 1 saturated heterocycles. The molecule has 0 aliphatic carbocycles. The lowest BCUT2D eigenvalue weighted by Gasteiger charge is -2.22. The Labute approximate surface area is 161 Å². The van der Waals surface area contributed by atoms with Crippen molar-refractivity contribution < 1.29 is 9.53 Å². The Morgan fingerprint density at radius 2 is 2.04 bits per heavy atom. The number of likely N-dealkylation sites (tertiary alicyclic amines) is 1. The van der Waals surface area contributed by atoms with Crippen LogP contribution < -0.4 is 10.1 Å². The first-order valence-corrected chi connectivity index (χ1v) is 7.85. The Morgan fingerprint density at radius 1 is 1.38 bits per heavy atom. The maximum Gasteiger partial charge on any atom is 0.241 e. The number of amides is 1. The molecule has 1 aliphatic rings. The summed E-state index contributed by atoms with van der Waals surface area (Å²) < 4.78 is 5.21. The smallest absolute Gasteiger partial charge is 0.241 e. The van der Waals surface area contributed by atoms with Crippen LogP contribution in [0.15, 0.2) is 29.3 Å². The highest BCUT2D eigenvalue weighted by Gasteiger charge is 2.26. The van der Waals surface area contributed by atoms with Gasteiger partial charge in [0.15, 0.2) is 5.96 Å². The molecule has 1 N–H and O–H groups in total. The van der Waals surface area contributed by atoms with Gasteiger partial charge in [0.25, 0.3) is 0 Å². The third kappa shape index (κ3) is 5.25. The van der Waals surface area contributed by atoms with Gasteiger partial charge in [0.2, 0.25) is 5.91 Å². The Hall–Kier alpha value is -1.51. The van der Waals surface area contributed by atoms with E-state index in [1.165, 1.54) is 5.56 Å². The van der Waals surface area contributed by atoms with E-state index in [1.807, 2.05) is 12.1 Å². The van der Waals surface area contributed by atoms with Gasteiger partial charge in [-0.3, -0.25) is 9.79 Å². The van der Waals surface area contributed by atoms with Gasteiger partial charge in [-0.1, -0.05) is 12.1 Å². The number of ether oxygens (including phenoxy) is 1. The molecule has 0 spiro atoms. The number of likely N-dealkylation sites (N-methyl/N-ethyl adjacent to an activating group) is 1. The Balaban J connectivity index is 0.00000288. The molecule has 1 amide bonds. The van der Waals surface area contributed by atoms with Crippen LogP contribution in [-0.4, -0.2) is 69.6 Å². The second-order valence-corrected chi connectivity index (χ2v) is 5.89. The summed E-state index contributed by atoms with van der Waals surface area (Å²) in [7, 11) is 6.94. The fourth-order valence-corrected chi connectivity index (χ4v) is 2.75. The van der Waals surface area contributed by atoms with Gasteiger partial charge in [-0.15, -0.1) is 24.0 Å². The summed E-state index contributed by atoms with van der Waals surface area (Å²) in [6, 6.07) is 8.25. The van der Waals surface area contributed by atoms with E-state index in [0.717, 1.165) is 31.2 Å². The molecule has 0 radical (unpaired) electrons. The summed E-state index contributed by atoms with van der Waals surface area (Å²) in [4.78, 5) is 19.8. The number of methoxy groups -OCH3 is 1. The van der Waals surface area contributed by atoms with Crippen molar-refractivity contribution in [3.8, 4) is 5.75 Å². The van der Waals surface area contributed by atoms with Crippen molar-refractivity contribution in [3.05, 3.63) is 29.8 Å². The molecule has 0 saturated carbocycles. The van der Waals surface area contributed by atoms with Crippen molar-refractivity contribution in [3.63, 3.8) is 0 Å². The van der Waals surface area contributed by atoms with Gasteiger partial charge in [-0.05, 0) is 24.1 Å². The maximum absolute atomic E-state index is 11.7. The van der Waals surface area contributed by atoms with Crippen molar-refractivity contribution in [2.75, 3.05) is 47.9 Å². The molecule has 24 heavy (non-hydrogen) atoms. The standard InChI is InChI=1S/C17H26N4O2.HI/c1-18-17(19-11-16(22)20(2)3)21-10-9-14(12-21)13-5-7-15(23-4)8-6-13;/h5-8,14H,9-12H2,1-4H3,(H,18,19);1H. The number of nitrogens with zero attached hydrogens (tertiary/aromatic N) is 3. The molecular formula is C17H27IN4O2. The van der Waals surface area contributed by atoms with E-state index in [2.05, 4.69) is 27.3 Å². The van der Waals surface area contributed by atoms with Crippen molar-refractivity contribution in [1.82, 2.24) is 15.1 Å². The third-order valence-corrected chi connectivity index (χ3v) is 4.18. The van der Waals surface area contributed by atoms with Crippen LogP contribution in [0.1, 0.15) is 17.9 Å². The molecule has 1 atom stereocenters. The van der Waals surface area contributed by atoms with Gasteiger partial charge in [-0.2, -0.15) is 0 Å². The first kappa shape index (κ1) is 20.5. The summed E-state index contributed by atoms with van der Waals surface area (Å²) in [6.45, 7) is 2.11. The van der Waals surface area contributed by atoms with E-state index in [1.54, 1.807) is 33.2 Å². The van der Waals surface area contributed by atoms with Gasteiger partial charge < -0.3 is 19.9 Å². The lowest BCUT2D eigenvalue weighted by atomic mass is 9.98. The predicted octanol–water partition coefficient (Wildman–Crippen LogP) is 1.77. The van der Waals surface area contributed by atoms with E-state index >= 15 is 0 Å². The van der Waals surface area contributed by atoms with Crippen LogP contribution in [0.3, 0.4) is 0 Å². The highest BCUT2D eigenvalue weighted by atomic mass is 127. The minimum atomic E-state index is 0. The number of guanidine groups is 1. The average molecular weight is 446 g/mol. The molecule has 0 aromatic heterocycles. The zero-order valence-electron chi connectivity index (χ0n) is 14.8. The van der Waals surface area contributed by atoms with Gasteiger partial charge >= 0.3 is 0 Å². The SMILES string of the molecule is CN=C(NCC(=O)N(C)C)N1CCC(c2ccc(OC)cc2)C1.I. The molecule has 1 aromatic rings. The molecule has 7 heteroatoms. The molecular weight excluding hydrogens is 419 g/mol. The highest BCUT2D eigenvalue weighted by Crippen LogP contribution is 2.28. The summed E-state index contributed by atoms with van der Waals surface area (Å²) >= 11 is 0. The number of rotatable bonds is 4. The van der Waals surface area contributed by atoms with Crippen molar-refractivity contribution in [2.45, 2.75) is 12.3 Å². The van der Waals surface area contributed by atoms with E-state index in [9.17, 15) is 4.79 Å². The first-order chi connectivity index (χ1) is 11.0. The molecule has 6 nitrogen and oxygen atoms in total. The second kappa shape index (κ2) is 9.71. The largest absolute Gasteiger partial charge is 0.497 e. The van der Waals surface area contributed by atoms with Crippen molar-refractivity contribution >= 4 is 35.8 Å². The average Bonchev–Trinajstić information content (AvgIpc) is 3.05. The van der Waals surface area contributed by atoms with Gasteiger partial charge in [-0.25, -0.2) is 0 Å². The zero-order valence-corrected chi connectivity index (χ0v) is 17.1. The molecule has 1 aromatic carbocycles. The van der Waals surface area contributed by atoms with E-state index < -0.39 is 0 Å². The number of carbonyl (C=O) groups is 1. The molecule has 0 bridgehead atoms. The predicted molar refractivity (Wildman–Crippen MR) is 107 cm³/mol. The number of nitrogens with one attached hydrogen (secondary N) is 1. The minimum Gasteiger partial charge on any atom is -0.497 e. The van der Waals surface area contributed by atoms with Crippen LogP contribution in [0.25, 0.3) is 0 Å². The van der Waals surface area contributed by atoms with E-state index in [-0.39, 0.29) is 36.4 Å². The lowest BCUT2D eigenvalue weighted by Crippen LogP contribution is -2.44. The summed E-state index contributed by atoms with van der Waals surface area (Å²) in [6.07, 6.45) is 1.08. The minimum absolute atomic E-state index is 0. The van der Waals surface area contributed by atoms with Crippen molar-refractivity contribution in [2.24, 2.45) is 4.99 Å². The fourth-order valence-electron chi connectivity index (χ4n) is 2.75. The number of hydrogen-bond acceptors (Lipinski definition) is 3. The lowest BCUT2D eigenvalue weighted by molar-refractivity contribution is -0.127. The van der Waals surface area contributed by atoms with Crippen LogP contribution in [0.2, 0.25) is 0 Å². The number of halogens is 1. The number of hydrogen-bond donors (Lipinski definition) is 1. The van der Waals surface area contributed by atoms with Crippen LogP contribution in [0, 0.1) is 0 Å². The summed E-state index contributed by atoms with van der Waals surface area (Å²) in [5.41, 5.74) is 1.31. The number of carbonyl (C=O) groups excluding carboxylic acids is 1. The Morgan fingerprint density at radius 3 is 2.58 bits per heavy atom. The zero-order chi connectivity index (χ0) is 16.8. The van der Waals surface area contributed by atoms with E-state index in [0.29, 0.717) is 5.92 Å². The number of benzene rings is 1. The summed E-state index contributed by atoms with van der Waals surface area (Å²) in [5, 5.41) is 3.15. The quantitative estimate of drug-likeness (QED) is 0.435. The van der Waals surface area contributed by atoms with Crippen molar-refractivity contribution in [1.29, 1.82) is 0 Å². The second-order valence-electron chi connectivity index (χ2n) is 5.89. The van der Waals surface area contributed by atoms with Crippen LogP contribution >= 0.6 is 24.0 Å². The Bertz CT molecular complexity index is 560. The normalized spacial score (nSPS) is 17.2. The van der Waals surface area contributed by atoms with Gasteiger partial charge in [0, 0.05) is 40.2 Å². The van der Waals surface area contributed by atoms with E-state index in [4.69, 9.17) is 4.74 Å². The highest BCUT2D eigenvalue weighted by molar-refractivity contribution is 14.0. The Kier molecular flexibility index (Phi) is 8.30.